The van der Waals surface area contributed by atoms with Crippen molar-refractivity contribution in [3.8, 4) is 5.75 Å². The van der Waals surface area contributed by atoms with E-state index < -0.39 is 11.2 Å². The van der Waals surface area contributed by atoms with Gasteiger partial charge in [0.1, 0.15) is 11.4 Å². The number of para-hydroxylation sites is 1. The van der Waals surface area contributed by atoms with Gasteiger partial charge in [-0.1, -0.05) is 54.6 Å². The van der Waals surface area contributed by atoms with E-state index in [1.807, 2.05) is 30.3 Å². The average molecular weight is 344 g/mol. The first-order chi connectivity index (χ1) is 12.6. The predicted molar refractivity (Wildman–Crippen MR) is 104 cm³/mol. The van der Waals surface area contributed by atoms with Crippen LogP contribution in [0.3, 0.4) is 0 Å². The lowest BCUT2D eigenvalue weighted by molar-refractivity contribution is -0.0524. The fourth-order valence-corrected chi connectivity index (χ4v) is 5.04. The molecule has 0 amide bonds. The molecule has 5 rings (SSSR count). The van der Waals surface area contributed by atoms with Gasteiger partial charge in [0.2, 0.25) is 0 Å². The van der Waals surface area contributed by atoms with E-state index >= 15 is 0 Å². The summed E-state index contributed by atoms with van der Waals surface area (Å²) in [5.74, 6) is 0.808. The van der Waals surface area contributed by atoms with Crippen molar-refractivity contribution in [3.63, 3.8) is 0 Å². The Balaban J connectivity index is 1.79. The fraction of sp³-hybridized carbons (Fsp3) is 0.333. The molecule has 0 aromatic heterocycles. The molecule has 2 nitrogen and oxygen atoms in total. The number of ether oxygens (including phenoxy) is 1. The lowest BCUT2D eigenvalue weighted by atomic mass is 9.77. The Morgan fingerprint density at radius 3 is 2.50 bits per heavy atom. The molecular weight excluding hydrogens is 320 g/mol. The Morgan fingerprint density at radius 2 is 1.73 bits per heavy atom. The fourth-order valence-electron chi connectivity index (χ4n) is 5.04. The van der Waals surface area contributed by atoms with Crippen molar-refractivity contribution in [2.75, 3.05) is 0 Å². The van der Waals surface area contributed by atoms with Gasteiger partial charge in [0.25, 0.3) is 0 Å². The van der Waals surface area contributed by atoms with Crippen LogP contribution in [0.1, 0.15) is 50.2 Å². The zero-order chi connectivity index (χ0) is 17.8. The Bertz CT molecular complexity index is 924. The van der Waals surface area contributed by atoms with Crippen LogP contribution in [-0.2, 0) is 5.60 Å². The molecule has 0 saturated carbocycles. The molecule has 0 unspecified atom stereocenters. The van der Waals surface area contributed by atoms with E-state index in [0.717, 1.165) is 41.7 Å². The van der Waals surface area contributed by atoms with E-state index in [0.29, 0.717) is 0 Å². The third kappa shape index (κ3) is 2.02. The summed E-state index contributed by atoms with van der Waals surface area (Å²) in [7, 11) is 0. The molecule has 0 saturated heterocycles. The number of hydrogen-bond acceptors (Lipinski definition) is 2. The van der Waals surface area contributed by atoms with Crippen LogP contribution in [0.25, 0.3) is 5.57 Å². The minimum absolute atomic E-state index is 0.657. The molecule has 0 fully saturated rings. The lowest BCUT2D eigenvalue weighted by Crippen LogP contribution is -2.46. The van der Waals surface area contributed by atoms with Crippen molar-refractivity contribution in [1.82, 2.24) is 0 Å². The zero-order valence-electron chi connectivity index (χ0n) is 15.2. The molecule has 2 heteroatoms. The lowest BCUT2D eigenvalue weighted by Gasteiger charge is -2.34. The molecule has 0 bridgehead atoms. The van der Waals surface area contributed by atoms with Gasteiger partial charge in [-0.05, 0) is 55.4 Å². The zero-order valence-corrected chi connectivity index (χ0v) is 15.2. The molecule has 0 radical (unpaired) electrons. The molecule has 1 aliphatic heterocycles. The monoisotopic (exact) mass is 344 g/mol. The molecule has 2 aromatic rings. The van der Waals surface area contributed by atoms with Crippen LogP contribution in [-0.4, -0.2) is 10.7 Å². The van der Waals surface area contributed by atoms with Crippen molar-refractivity contribution >= 4 is 5.57 Å². The Kier molecular flexibility index (Phi) is 3.42. The number of aliphatic hydroxyl groups is 1. The summed E-state index contributed by atoms with van der Waals surface area (Å²) in [6.07, 6.45) is 7.84. The van der Waals surface area contributed by atoms with Gasteiger partial charge in [0.15, 0.2) is 5.60 Å². The molecule has 2 atom stereocenters. The van der Waals surface area contributed by atoms with Gasteiger partial charge in [-0.15, -0.1) is 0 Å². The normalized spacial score (nSPS) is 29.8. The molecule has 2 aliphatic carbocycles. The first-order valence-corrected chi connectivity index (χ1v) is 9.63. The first-order valence-electron chi connectivity index (χ1n) is 9.63. The minimum atomic E-state index is -1.11. The van der Waals surface area contributed by atoms with Gasteiger partial charge in [0, 0.05) is 17.6 Å². The third-order valence-electron chi connectivity index (χ3n) is 6.30. The van der Waals surface area contributed by atoms with Crippen molar-refractivity contribution in [2.24, 2.45) is 0 Å². The van der Waals surface area contributed by atoms with Crippen molar-refractivity contribution in [1.29, 1.82) is 0 Å². The molecule has 1 N–H and O–H groups in total. The van der Waals surface area contributed by atoms with Crippen LogP contribution in [0.2, 0.25) is 0 Å². The van der Waals surface area contributed by atoms with Gasteiger partial charge in [-0.2, -0.15) is 0 Å². The molecule has 132 valence electrons. The summed E-state index contributed by atoms with van der Waals surface area (Å²) in [6, 6.07) is 18.3. The number of hydrogen-bond donors (Lipinski definition) is 1. The van der Waals surface area contributed by atoms with E-state index in [1.54, 1.807) is 0 Å². The topological polar surface area (TPSA) is 29.5 Å². The highest BCUT2D eigenvalue weighted by Gasteiger charge is 2.63. The van der Waals surface area contributed by atoms with Gasteiger partial charge in [-0.3, -0.25) is 0 Å². The van der Waals surface area contributed by atoms with E-state index in [1.165, 1.54) is 24.0 Å². The number of rotatable bonds is 2. The van der Waals surface area contributed by atoms with Crippen molar-refractivity contribution in [3.05, 3.63) is 82.9 Å². The number of fused-ring (bicyclic) bond motifs is 3. The van der Waals surface area contributed by atoms with Crippen molar-refractivity contribution in [2.45, 2.75) is 50.2 Å². The SMILES string of the molecule is C[C@]12CC(C3=CCCCC3)=C(c3ccccc3)[C@@]1(O)c1ccccc1O2. The standard InChI is InChI=1S/C24H24O2/c1-23-16-19(17-10-4-2-5-11-17)22(18-12-6-3-7-13-18)24(23,25)20-14-8-9-15-21(20)26-23/h3,6-10,12-15,25H,2,4-5,11,16H2,1H3/t23-,24-/m0/s1. The third-order valence-corrected chi connectivity index (χ3v) is 6.30. The smallest absolute Gasteiger partial charge is 0.158 e. The molecule has 0 spiro atoms. The largest absolute Gasteiger partial charge is 0.483 e. The minimum Gasteiger partial charge on any atom is -0.483 e. The van der Waals surface area contributed by atoms with E-state index in [-0.39, 0.29) is 0 Å². The Labute approximate surface area is 154 Å². The maximum atomic E-state index is 12.1. The molecular formula is C24H24O2. The van der Waals surface area contributed by atoms with Crippen LogP contribution in [0.4, 0.5) is 0 Å². The summed E-state index contributed by atoms with van der Waals surface area (Å²) in [4.78, 5) is 0. The average Bonchev–Trinajstić information content (AvgIpc) is 3.04. The summed E-state index contributed by atoms with van der Waals surface area (Å²) in [6.45, 7) is 2.06. The van der Waals surface area contributed by atoms with Crippen LogP contribution in [0.5, 0.6) is 5.75 Å². The van der Waals surface area contributed by atoms with Gasteiger partial charge < -0.3 is 9.84 Å². The van der Waals surface area contributed by atoms with Crippen LogP contribution in [0.15, 0.2) is 71.8 Å². The van der Waals surface area contributed by atoms with E-state index in [4.69, 9.17) is 4.74 Å². The summed E-state index contributed by atoms with van der Waals surface area (Å²) in [5, 5.41) is 12.1. The summed E-state index contributed by atoms with van der Waals surface area (Å²) >= 11 is 0. The summed E-state index contributed by atoms with van der Waals surface area (Å²) in [5.41, 5.74) is 3.95. The van der Waals surface area contributed by atoms with E-state index in [9.17, 15) is 5.11 Å². The Morgan fingerprint density at radius 1 is 0.962 bits per heavy atom. The van der Waals surface area contributed by atoms with Gasteiger partial charge in [0.05, 0.1) is 0 Å². The Hall–Kier alpha value is -2.32. The highest BCUT2D eigenvalue weighted by molar-refractivity contribution is 5.85. The van der Waals surface area contributed by atoms with Crippen molar-refractivity contribution < 1.29 is 9.84 Å². The maximum absolute atomic E-state index is 12.1. The predicted octanol–water partition coefficient (Wildman–Crippen LogP) is 5.38. The second-order valence-corrected chi connectivity index (χ2v) is 7.91. The number of allylic oxidation sites excluding steroid dienone is 2. The quantitative estimate of drug-likeness (QED) is 0.792. The molecule has 1 heterocycles. The first kappa shape index (κ1) is 15.9. The van der Waals surface area contributed by atoms with Crippen LogP contribution < -0.4 is 4.74 Å². The second kappa shape index (κ2) is 5.59. The highest BCUT2D eigenvalue weighted by Crippen LogP contribution is 2.63. The molecule has 2 aromatic carbocycles. The molecule has 3 aliphatic rings. The van der Waals surface area contributed by atoms with E-state index in [2.05, 4.69) is 37.3 Å². The second-order valence-electron chi connectivity index (χ2n) is 7.91. The van der Waals surface area contributed by atoms with Crippen LogP contribution >= 0.6 is 0 Å². The maximum Gasteiger partial charge on any atom is 0.158 e. The van der Waals surface area contributed by atoms with Gasteiger partial charge >= 0.3 is 0 Å². The highest BCUT2D eigenvalue weighted by atomic mass is 16.5. The number of benzene rings is 2. The van der Waals surface area contributed by atoms with Gasteiger partial charge in [-0.25, -0.2) is 0 Å². The van der Waals surface area contributed by atoms with Crippen LogP contribution in [0, 0.1) is 0 Å². The molecule has 26 heavy (non-hydrogen) atoms. The summed E-state index contributed by atoms with van der Waals surface area (Å²) < 4.78 is 6.38.